The zero-order chi connectivity index (χ0) is 16.4. The van der Waals surface area contributed by atoms with E-state index in [0.29, 0.717) is 6.04 Å². The van der Waals surface area contributed by atoms with Crippen LogP contribution in [0.3, 0.4) is 0 Å². The Morgan fingerprint density at radius 3 is 3.04 bits per heavy atom. The van der Waals surface area contributed by atoms with Crippen molar-refractivity contribution >= 4 is 11.8 Å². The Balaban J connectivity index is 1.56. The monoisotopic (exact) mass is 336 g/mol. The van der Waals surface area contributed by atoms with Gasteiger partial charge in [0.2, 0.25) is 0 Å². The fraction of sp³-hybridized carbons (Fsp3) is 0.263. The Hall–Kier alpha value is -2.11. The largest absolute Gasteiger partial charge is 0.306 e. The van der Waals surface area contributed by atoms with E-state index in [9.17, 15) is 0 Å². The number of nitrogens with one attached hydrogen (secondary N) is 1. The minimum atomic E-state index is 0.407. The van der Waals surface area contributed by atoms with Crippen LogP contribution in [-0.4, -0.2) is 20.5 Å². The normalized spacial score (nSPS) is 16.8. The number of hydrogen-bond donors (Lipinski definition) is 1. The zero-order valence-corrected chi connectivity index (χ0v) is 14.5. The summed E-state index contributed by atoms with van der Waals surface area (Å²) in [4.78, 5) is 5.62. The molecule has 0 saturated carbocycles. The summed E-state index contributed by atoms with van der Waals surface area (Å²) in [5, 5.41) is 8.35. The summed E-state index contributed by atoms with van der Waals surface area (Å²) >= 11 is 1.95. The fourth-order valence-electron chi connectivity index (χ4n) is 3.20. The fourth-order valence-corrected chi connectivity index (χ4v) is 4.33. The second-order valence-corrected chi connectivity index (χ2v) is 7.16. The van der Waals surface area contributed by atoms with Gasteiger partial charge in [-0.1, -0.05) is 18.2 Å². The van der Waals surface area contributed by atoms with Gasteiger partial charge in [-0.05, 0) is 35.9 Å². The molecule has 1 N–H and O–H groups in total. The van der Waals surface area contributed by atoms with Gasteiger partial charge >= 0.3 is 0 Å². The minimum absolute atomic E-state index is 0.407. The number of thioether (sulfide) groups is 1. The van der Waals surface area contributed by atoms with Crippen LogP contribution in [0.5, 0.6) is 0 Å². The first-order valence-corrected chi connectivity index (χ1v) is 9.18. The SMILES string of the molecule is Cn1cc(CN[C@H]2CCSc3ccccc32)c(-c2cccnc2)n1. The van der Waals surface area contributed by atoms with Crippen LogP contribution in [0, 0.1) is 0 Å². The van der Waals surface area contributed by atoms with Gasteiger partial charge < -0.3 is 5.32 Å². The summed E-state index contributed by atoms with van der Waals surface area (Å²) in [6.07, 6.45) is 6.92. The van der Waals surface area contributed by atoms with Crippen molar-refractivity contribution in [1.82, 2.24) is 20.1 Å². The van der Waals surface area contributed by atoms with Gasteiger partial charge in [0.15, 0.2) is 0 Å². The molecule has 1 aliphatic rings. The van der Waals surface area contributed by atoms with Crippen LogP contribution in [0.15, 0.2) is 59.9 Å². The molecule has 0 amide bonds. The zero-order valence-electron chi connectivity index (χ0n) is 13.6. The third-order valence-electron chi connectivity index (χ3n) is 4.34. The summed E-state index contributed by atoms with van der Waals surface area (Å²) in [6, 6.07) is 13.1. The van der Waals surface area contributed by atoms with E-state index in [1.54, 1.807) is 6.20 Å². The topological polar surface area (TPSA) is 42.7 Å². The van der Waals surface area contributed by atoms with Gasteiger partial charge in [0.25, 0.3) is 0 Å². The molecule has 0 bridgehead atoms. The third kappa shape index (κ3) is 3.09. The number of aromatic nitrogens is 3. The molecule has 1 atom stereocenters. The lowest BCUT2D eigenvalue weighted by Crippen LogP contribution is -2.24. The third-order valence-corrected chi connectivity index (χ3v) is 5.46. The van der Waals surface area contributed by atoms with Gasteiger partial charge in [-0.25, -0.2) is 0 Å². The highest BCUT2D eigenvalue weighted by molar-refractivity contribution is 7.99. The Morgan fingerprint density at radius 2 is 2.17 bits per heavy atom. The molecule has 122 valence electrons. The van der Waals surface area contributed by atoms with Gasteiger partial charge in [-0.2, -0.15) is 5.10 Å². The second kappa shape index (κ2) is 6.79. The number of pyridine rings is 1. The van der Waals surface area contributed by atoms with Crippen molar-refractivity contribution in [3.05, 3.63) is 66.1 Å². The molecule has 0 saturated heterocycles. The van der Waals surface area contributed by atoms with Gasteiger partial charge in [-0.15, -0.1) is 11.8 Å². The molecular weight excluding hydrogens is 316 g/mol. The molecule has 0 spiro atoms. The van der Waals surface area contributed by atoms with Crippen LogP contribution in [0.2, 0.25) is 0 Å². The molecule has 5 heteroatoms. The Labute approximate surface area is 146 Å². The average Bonchev–Trinajstić information content (AvgIpc) is 3.01. The molecule has 0 radical (unpaired) electrons. The van der Waals surface area contributed by atoms with Crippen LogP contribution >= 0.6 is 11.8 Å². The molecule has 3 aromatic rings. The molecule has 0 unspecified atom stereocenters. The van der Waals surface area contributed by atoms with E-state index in [1.165, 1.54) is 16.0 Å². The summed E-state index contributed by atoms with van der Waals surface area (Å²) in [6.45, 7) is 0.807. The van der Waals surface area contributed by atoms with Crippen LogP contribution in [0.4, 0.5) is 0 Å². The van der Waals surface area contributed by atoms with Crippen LogP contribution in [0.25, 0.3) is 11.3 Å². The molecule has 0 fully saturated rings. The molecule has 0 aliphatic carbocycles. The van der Waals surface area contributed by atoms with E-state index in [-0.39, 0.29) is 0 Å². The van der Waals surface area contributed by atoms with Crippen molar-refractivity contribution in [1.29, 1.82) is 0 Å². The highest BCUT2D eigenvalue weighted by atomic mass is 32.2. The Morgan fingerprint density at radius 1 is 1.25 bits per heavy atom. The highest BCUT2D eigenvalue weighted by Crippen LogP contribution is 2.36. The van der Waals surface area contributed by atoms with Crippen LogP contribution in [0.1, 0.15) is 23.6 Å². The molecule has 2 aromatic heterocycles. The first kappa shape index (κ1) is 15.4. The van der Waals surface area contributed by atoms with Gasteiger partial charge in [0.05, 0.1) is 5.69 Å². The number of benzene rings is 1. The predicted molar refractivity (Wildman–Crippen MR) is 97.8 cm³/mol. The Bertz CT molecular complexity index is 828. The number of aryl methyl sites for hydroxylation is 1. The molecule has 1 aliphatic heterocycles. The standard InChI is InChI=1S/C19H20N4S/c1-23-13-15(19(22-23)14-5-4-9-20-11-14)12-21-17-8-10-24-18-7-3-2-6-16(17)18/h2-7,9,11,13,17,21H,8,10,12H2,1H3/t17-/m0/s1. The quantitative estimate of drug-likeness (QED) is 0.787. The van der Waals surface area contributed by atoms with E-state index >= 15 is 0 Å². The number of fused-ring (bicyclic) bond motifs is 1. The van der Waals surface area contributed by atoms with Crippen molar-refractivity contribution in [3.63, 3.8) is 0 Å². The lowest BCUT2D eigenvalue weighted by atomic mass is 10.0. The lowest BCUT2D eigenvalue weighted by Gasteiger charge is -2.26. The maximum Gasteiger partial charge on any atom is 0.0983 e. The van der Waals surface area contributed by atoms with Gasteiger partial charge in [-0.3, -0.25) is 9.67 Å². The van der Waals surface area contributed by atoms with Crippen LogP contribution in [-0.2, 0) is 13.6 Å². The highest BCUT2D eigenvalue weighted by Gasteiger charge is 2.20. The van der Waals surface area contributed by atoms with Crippen molar-refractivity contribution in [3.8, 4) is 11.3 Å². The van der Waals surface area contributed by atoms with E-state index in [0.717, 1.165) is 30.0 Å². The smallest absolute Gasteiger partial charge is 0.0983 e. The van der Waals surface area contributed by atoms with Crippen molar-refractivity contribution in [2.75, 3.05) is 5.75 Å². The van der Waals surface area contributed by atoms with E-state index in [4.69, 9.17) is 0 Å². The van der Waals surface area contributed by atoms with Crippen molar-refractivity contribution in [2.24, 2.45) is 7.05 Å². The molecule has 24 heavy (non-hydrogen) atoms. The summed E-state index contributed by atoms with van der Waals surface area (Å²) < 4.78 is 1.88. The lowest BCUT2D eigenvalue weighted by molar-refractivity contribution is 0.510. The molecule has 3 heterocycles. The maximum absolute atomic E-state index is 4.62. The summed E-state index contributed by atoms with van der Waals surface area (Å²) in [7, 11) is 1.97. The van der Waals surface area contributed by atoms with Crippen molar-refractivity contribution in [2.45, 2.75) is 23.9 Å². The van der Waals surface area contributed by atoms with Crippen molar-refractivity contribution < 1.29 is 0 Å². The minimum Gasteiger partial charge on any atom is -0.306 e. The first-order chi connectivity index (χ1) is 11.8. The first-order valence-electron chi connectivity index (χ1n) is 8.19. The molecule has 4 rings (SSSR count). The molecule has 1 aromatic carbocycles. The number of hydrogen-bond acceptors (Lipinski definition) is 4. The molecular formula is C19H20N4S. The van der Waals surface area contributed by atoms with E-state index in [2.05, 4.69) is 51.9 Å². The number of nitrogens with zero attached hydrogens (tertiary/aromatic N) is 3. The number of rotatable bonds is 4. The Kier molecular flexibility index (Phi) is 4.36. The van der Waals surface area contributed by atoms with Gasteiger partial charge in [0.1, 0.15) is 0 Å². The maximum atomic E-state index is 4.62. The van der Waals surface area contributed by atoms with E-state index < -0.39 is 0 Å². The molecule has 4 nitrogen and oxygen atoms in total. The summed E-state index contributed by atoms with van der Waals surface area (Å²) in [5.74, 6) is 1.16. The van der Waals surface area contributed by atoms with E-state index in [1.807, 2.05) is 35.8 Å². The van der Waals surface area contributed by atoms with Crippen LogP contribution < -0.4 is 5.32 Å². The summed E-state index contributed by atoms with van der Waals surface area (Å²) in [5.41, 5.74) is 4.70. The predicted octanol–water partition coefficient (Wildman–Crippen LogP) is 3.81. The second-order valence-electron chi connectivity index (χ2n) is 6.03. The average molecular weight is 336 g/mol. The van der Waals surface area contributed by atoms with Gasteiger partial charge in [0, 0.05) is 54.2 Å².